The molecule has 0 saturated carbocycles. The van der Waals surface area contributed by atoms with E-state index in [9.17, 15) is 14.4 Å². The Morgan fingerprint density at radius 1 is 1.00 bits per heavy atom. The zero-order valence-electron chi connectivity index (χ0n) is 21.9. The minimum absolute atomic E-state index is 0.0339. The molecule has 0 saturated heterocycles. The molecule has 0 N–H and O–H groups in total. The zero-order valence-corrected chi connectivity index (χ0v) is 21.9. The Hall–Kier alpha value is -4.65. The number of ether oxygens (including phenoxy) is 3. The van der Waals surface area contributed by atoms with Crippen LogP contribution >= 0.6 is 0 Å². The van der Waals surface area contributed by atoms with Crippen LogP contribution in [0.25, 0.3) is 17.0 Å². The predicted octanol–water partition coefficient (Wildman–Crippen LogP) is 5.72. The van der Waals surface area contributed by atoms with Crippen molar-refractivity contribution in [2.45, 2.75) is 32.7 Å². The van der Waals surface area contributed by atoms with E-state index in [1.54, 1.807) is 42.0 Å². The van der Waals surface area contributed by atoms with Crippen molar-refractivity contribution < 1.29 is 23.8 Å². The van der Waals surface area contributed by atoms with Crippen molar-refractivity contribution in [1.82, 2.24) is 4.57 Å². The van der Waals surface area contributed by atoms with Crippen LogP contribution in [0.5, 0.6) is 17.2 Å². The standard InChI is InChI=1S/C32H27NO6/c1-18(2)17-33-25-7-5-4-6-20(25)15-24(32(33)36)23-16-28(34)38-26-13-12-22-30(35)27(39-31(22)29(23)26)14-19-8-10-21(37-3)11-9-19/h4-15,18,23H,16-17H2,1-3H3/b27-14+/t23-/m1/s1. The van der Waals surface area contributed by atoms with Crippen LogP contribution in [0.3, 0.4) is 0 Å². The highest BCUT2D eigenvalue weighted by Gasteiger charge is 2.39. The number of methoxy groups -OCH3 is 1. The number of rotatable bonds is 5. The number of Topliss-reactive ketones (excluding diaryl/α,β-unsaturated/α-hetero) is 1. The number of pyridine rings is 1. The van der Waals surface area contributed by atoms with E-state index in [-0.39, 0.29) is 29.4 Å². The highest BCUT2D eigenvalue weighted by atomic mass is 16.5. The van der Waals surface area contributed by atoms with Crippen molar-refractivity contribution in [2.75, 3.05) is 7.11 Å². The lowest BCUT2D eigenvalue weighted by Crippen LogP contribution is -2.31. The first kappa shape index (κ1) is 24.7. The number of allylic oxidation sites excluding steroid dienone is 1. The average molecular weight is 522 g/mol. The van der Waals surface area contributed by atoms with Crippen molar-refractivity contribution in [3.63, 3.8) is 0 Å². The first-order valence-electron chi connectivity index (χ1n) is 12.9. The summed E-state index contributed by atoms with van der Waals surface area (Å²) < 4.78 is 18.7. The lowest BCUT2D eigenvalue weighted by Gasteiger charge is -2.27. The van der Waals surface area contributed by atoms with Gasteiger partial charge in [-0.3, -0.25) is 14.4 Å². The molecule has 0 radical (unpaired) electrons. The van der Waals surface area contributed by atoms with E-state index in [4.69, 9.17) is 14.2 Å². The van der Waals surface area contributed by atoms with Crippen LogP contribution in [0.2, 0.25) is 0 Å². The first-order valence-corrected chi connectivity index (χ1v) is 12.9. The molecule has 4 aromatic rings. The summed E-state index contributed by atoms with van der Waals surface area (Å²) in [5.41, 5.74) is 2.85. The van der Waals surface area contributed by atoms with Gasteiger partial charge in [-0.1, -0.05) is 44.2 Å². The van der Waals surface area contributed by atoms with Gasteiger partial charge in [-0.2, -0.15) is 0 Å². The predicted molar refractivity (Wildman–Crippen MR) is 148 cm³/mol. The van der Waals surface area contributed by atoms with Gasteiger partial charge in [0.25, 0.3) is 5.56 Å². The van der Waals surface area contributed by atoms with Crippen LogP contribution < -0.4 is 19.8 Å². The summed E-state index contributed by atoms with van der Waals surface area (Å²) in [4.78, 5) is 40.0. The number of nitrogens with zero attached hydrogens (tertiary/aromatic N) is 1. The average Bonchev–Trinajstić information content (AvgIpc) is 3.24. The van der Waals surface area contributed by atoms with Gasteiger partial charge in [0, 0.05) is 23.6 Å². The Morgan fingerprint density at radius 3 is 2.51 bits per heavy atom. The molecule has 0 fully saturated rings. The van der Waals surface area contributed by atoms with Gasteiger partial charge in [-0.25, -0.2) is 0 Å². The molecule has 0 spiro atoms. The SMILES string of the molecule is COc1ccc(/C=C2/Oc3c(ccc4c3[C@@H](c3cc5ccccc5n(CC(C)C)c3=O)CC(=O)O4)C2=O)cc1. The van der Waals surface area contributed by atoms with E-state index in [0.29, 0.717) is 40.5 Å². The van der Waals surface area contributed by atoms with E-state index in [2.05, 4.69) is 13.8 Å². The third-order valence-corrected chi connectivity index (χ3v) is 7.15. The lowest BCUT2D eigenvalue weighted by atomic mass is 9.84. The van der Waals surface area contributed by atoms with Gasteiger partial charge < -0.3 is 18.8 Å². The Balaban J connectivity index is 1.50. The molecule has 3 aromatic carbocycles. The Bertz CT molecular complexity index is 1730. The third kappa shape index (κ3) is 4.30. The van der Waals surface area contributed by atoms with Crippen molar-refractivity contribution in [3.8, 4) is 17.2 Å². The number of esters is 1. The van der Waals surface area contributed by atoms with Crippen LogP contribution in [0, 0.1) is 5.92 Å². The van der Waals surface area contributed by atoms with E-state index in [0.717, 1.165) is 16.5 Å². The summed E-state index contributed by atoms with van der Waals surface area (Å²) in [6.45, 7) is 4.65. The molecule has 0 aliphatic carbocycles. The summed E-state index contributed by atoms with van der Waals surface area (Å²) in [5, 5.41) is 0.901. The number of aromatic nitrogens is 1. The molecule has 7 heteroatoms. The number of carbonyl (C=O) groups excluding carboxylic acids is 2. The van der Waals surface area contributed by atoms with Crippen LogP contribution in [-0.4, -0.2) is 23.4 Å². The normalized spacial score (nSPS) is 17.2. The van der Waals surface area contributed by atoms with Crippen LogP contribution in [0.15, 0.2) is 77.3 Å². The van der Waals surface area contributed by atoms with Gasteiger partial charge in [-0.15, -0.1) is 0 Å². The third-order valence-electron chi connectivity index (χ3n) is 7.15. The van der Waals surface area contributed by atoms with Crippen LogP contribution in [0.4, 0.5) is 0 Å². The molecule has 0 bridgehead atoms. The van der Waals surface area contributed by atoms with Crippen molar-refractivity contribution in [1.29, 1.82) is 0 Å². The number of benzene rings is 3. The maximum atomic E-state index is 13.9. The van der Waals surface area contributed by atoms with Gasteiger partial charge in [-0.05, 0) is 59.3 Å². The molecule has 196 valence electrons. The highest BCUT2D eigenvalue weighted by Crippen LogP contribution is 2.48. The minimum atomic E-state index is -0.625. The molecule has 0 amide bonds. The monoisotopic (exact) mass is 521 g/mol. The molecule has 3 heterocycles. The summed E-state index contributed by atoms with van der Waals surface area (Å²) in [7, 11) is 1.59. The Morgan fingerprint density at radius 2 is 1.77 bits per heavy atom. The maximum absolute atomic E-state index is 13.9. The topological polar surface area (TPSA) is 83.8 Å². The van der Waals surface area contributed by atoms with Gasteiger partial charge in [0.2, 0.25) is 5.78 Å². The Kier molecular flexibility index (Phi) is 6.06. The summed E-state index contributed by atoms with van der Waals surface area (Å²) in [5.74, 6) is 0.407. The second-order valence-electron chi connectivity index (χ2n) is 10.3. The molecule has 7 nitrogen and oxygen atoms in total. The molecule has 6 rings (SSSR count). The largest absolute Gasteiger partial charge is 0.497 e. The molecular formula is C32H27NO6. The molecule has 1 atom stereocenters. The van der Waals surface area contributed by atoms with E-state index in [1.807, 2.05) is 42.5 Å². The van der Waals surface area contributed by atoms with Crippen molar-refractivity contribution in [2.24, 2.45) is 5.92 Å². The van der Waals surface area contributed by atoms with Gasteiger partial charge in [0.15, 0.2) is 5.76 Å². The molecule has 2 aliphatic heterocycles. The summed E-state index contributed by atoms with van der Waals surface area (Å²) in [6, 6.07) is 20.1. The lowest BCUT2D eigenvalue weighted by molar-refractivity contribution is -0.135. The second-order valence-corrected chi connectivity index (χ2v) is 10.3. The number of carbonyl (C=O) groups is 2. The zero-order chi connectivity index (χ0) is 27.3. The first-order chi connectivity index (χ1) is 18.8. The van der Waals surface area contributed by atoms with E-state index < -0.39 is 11.9 Å². The van der Waals surface area contributed by atoms with Crippen LogP contribution in [-0.2, 0) is 11.3 Å². The number of ketones is 1. The van der Waals surface area contributed by atoms with E-state index in [1.165, 1.54) is 0 Å². The number of hydrogen-bond acceptors (Lipinski definition) is 6. The van der Waals surface area contributed by atoms with Gasteiger partial charge >= 0.3 is 5.97 Å². The summed E-state index contributed by atoms with van der Waals surface area (Å²) in [6.07, 6.45) is 1.64. The number of fused-ring (bicyclic) bond motifs is 4. The van der Waals surface area contributed by atoms with Crippen molar-refractivity contribution in [3.05, 3.63) is 105 Å². The number of hydrogen-bond donors (Lipinski definition) is 0. The van der Waals surface area contributed by atoms with Crippen LogP contribution in [0.1, 0.15) is 53.2 Å². The van der Waals surface area contributed by atoms with Gasteiger partial charge in [0.1, 0.15) is 17.2 Å². The fourth-order valence-electron chi connectivity index (χ4n) is 5.37. The molecule has 0 unspecified atom stereocenters. The van der Waals surface area contributed by atoms with E-state index >= 15 is 0 Å². The molecule has 1 aromatic heterocycles. The molecule has 39 heavy (non-hydrogen) atoms. The number of para-hydroxylation sites is 1. The quantitative estimate of drug-likeness (QED) is 0.190. The smallest absolute Gasteiger partial charge is 0.312 e. The highest BCUT2D eigenvalue weighted by molar-refractivity contribution is 6.15. The second kappa shape index (κ2) is 9.58. The van der Waals surface area contributed by atoms with Gasteiger partial charge in [0.05, 0.1) is 24.6 Å². The fraction of sp³-hybridized carbons (Fsp3) is 0.219. The fourth-order valence-corrected chi connectivity index (χ4v) is 5.37. The Labute approximate surface area is 225 Å². The maximum Gasteiger partial charge on any atom is 0.312 e. The van der Waals surface area contributed by atoms with Crippen molar-refractivity contribution >= 4 is 28.7 Å². The minimum Gasteiger partial charge on any atom is -0.497 e. The molecule has 2 aliphatic rings. The molecular weight excluding hydrogens is 494 g/mol. The summed E-state index contributed by atoms with van der Waals surface area (Å²) >= 11 is 0.